The summed E-state index contributed by atoms with van der Waals surface area (Å²) in [7, 11) is 1.76. The van der Waals surface area contributed by atoms with Crippen LogP contribution in [-0.2, 0) is 38.0 Å². The summed E-state index contributed by atoms with van der Waals surface area (Å²) in [5, 5.41) is 32.7. The first-order chi connectivity index (χ1) is 23.9. The van der Waals surface area contributed by atoms with Gasteiger partial charge in [0.05, 0.1) is 66.6 Å². The zero-order valence-corrected chi connectivity index (χ0v) is 35.8. The van der Waals surface area contributed by atoms with Crippen LogP contribution in [0, 0.1) is 41.4 Å². The van der Waals surface area contributed by atoms with Crippen molar-refractivity contribution in [2.45, 2.75) is 192 Å². The van der Waals surface area contributed by atoms with Gasteiger partial charge < -0.3 is 53.3 Å². The summed E-state index contributed by atoms with van der Waals surface area (Å²) in [6.07, 6.45) is 5.62. The molecule has 1 spiro atoms. The fourth-order valence-electron chi connectivity index (χ4n) is 11.3. The van der Waals surface area contributed by atoms with Crippen molar-refractivity contribution in [3.05, 3.63) is 0 Å². The average Bonchev–Trinajstić information content (AvgIpc) is 3.75. The van der Waals surface area contributed by atoms with Gasteiger partial charge in [-0.25, -0.2) is 0 Å². The van der Waals surface area contributed by atoms with Gasteiger partial charge in [-0.2, -0.15) is 0 Å². The van der Waals surface area contributed by atoms with Crippen LogP contribution >= 0.6 is 0 Å². The monoisotopic (exact) mass is 746 g/mol. The van der Waals surface area contributed by atoms with Crippen molar-refractivity contribution < 1.29 is 82.8 Å². The molecule has 9 unspecified atom stereocenters. The smallest absolute Gasteiger partial charge is 0.550 e. The van der Waals surface area contributed by atoms with Crippen LogP contribution in [0.3, 0.4) is 0 Å². The van der Waals surface area contributed by atoms with Gasteiger partial charge in [0.15, 0.2) is 11.6 Å². The number of carboxylic acids is 1. The maximum absolute atomic E-state index is 11.7. The molecule has 12 heteroatoms. The van der Waals surface area contributed by atoms with Gasteiger partial charge in [-0.05, 0) is 76.5 Å². The minimum absolute atomic E-state index is 0. The first kappa shape index (κ1) is 43.2. The molecule has 6 rings (SSSR count). The molecule has 2 N–H and O–H groups in total. The molecule has 0 aliphatic carbocycles. The van der Waals surface area contributed by atoms with Crippen molar-refractivity contribution in [1.82, 2.24) is 0 Å². The Balaban J connectivity index is 0.00000523. The van der Waals surface area contributed by atoms with E-state index in [0.29, 0.717) is 6.42 Å². The Bertz CT molecular complexity index is 1240. The third-order valence-corrected chi connectivity index (χ3v) is 14.4. The molecule has 0 aromatic rings. The van der Waals surface area contributed by atoms with Crippen molar-refractivity contribution in [1.29, 1.82) is 0 Å². The van der Waals surface area contributed by atoms with Gasteiger partial charge in [0.25, 0.3) is 0 Å². The topological polar surface area (TPSA) is 145 Å². The van der Waals surface area contributed by atoms with Crippen LogP contribution in [0.5, 0.6) is 0 Å². The van der Waals surface area contributed by atoms with Gasteiger partial charge in [-0.15, -0.1) is 0 Å². The Morgan fingerprint density at radius 3 is 2.25 bits per heavy atom. The molecule has 52 heavy (non-hydrogen) atoms. The van der Waals surface area contributed by atoms with E-state index >= 15 is 0 Å². The number of hydrogen-bond acceptors (Lipinski definition) is 11. The molecular weight excluding hydrogens is 679 g/mol. The minimum Gasteiger partial charge on any atom is -0.550 e. The SMILES string of the molecule is COC1CC(C[C@@H]2CCC(C)[C@@H](C(C)C(=O)[O-])O2)O[C@]2(O[C@](C)([C@H]3CC[C@@](C)([C@@H]4O[C@H]([C@@H]5O[C@@](O)(CO)C(C)CC5C)CC4C)O3)CC2C)C1C.[Na+]. The number of methoxy groups -OCH3 is 1. The maximum Gasteiger partial charge on any atom is 1.00 e. The van der Waals surface area contributed by atoms with Crippen LogP contribution in [0.25, 0.3) is 0 Å². The van der Waals surface area contributed by atoms with E-state index < -0.39 is 41.3 Å². The second-order valence-corrected chi connectivity index (χ2v) is 18.4. The number of aliphatic hydroxyl groups excluding tert-OH is 1. The van der Waals surface area contributed by atoms with E-state index in [1.807, 2.05) is 6.92 Å². The van der Waals surface area contributed by atoms with Crippen molar-refractivity contribution in [3.8, 4) is 0 Å². The Hall–Kier alpha value is 0.110. The molecule has 6 heterocycles. The van der Waals surface area contributed by atoms with E-state index in [1.54, 1.807) is 14.0 Å². The molecule has 0 radical (unpaired) electrons. The number of carbonyl (C=O) groups excluding carboxylic acids is 1. The van der Waals surface area contributed by atoms with Crippen molar-refractivity contribution in [2.24, 2.45) is 41.4 Å². The quantitative estimate of drug-likeness (QED) is 0.331. The Labute approximate surface area is 334 Å². The van der Waals surface area contributed by atoms with E-state index in [2.05, 4.69) is 48.5 Å². The molecule has 6 saturated heterocycles. The zero-order chi connectivity index (χ0) is 37.3. The number of aliphatic hydroxyl groups is 2. The Kier molecular flexibility index (Phi) is 13.4. The van der Waals surface area contributed by atoms with Crippen LogP contribution < -0.4 is 34.7 Å². The summed E-state index contributed by atoms with van der Waals surface area (Å²) >= 11 is 0. The largest absolute Gasteiger partial charge is 1.00 e. The Morgan fingerprint density at radius 1 is 0.885 bits per heavy atom. The number of aliphatic carboxylic acids is 1. The Morgan fingerprint density at radius 2 is 1.60 bits per heavy atom. The van der Waals surface area contributed by atoms with Crippen molar-refractivity contribution >= 4 is 5.97 Å². The molecule has 0 aromatic heterocycles. The van der Waals surface area contributed by atoms with E-state index in [9.17, 15) is 20.1 Å². The minimum atomic E-state index is -1.55. The number of carboxylic acid groups (broad SMARTS) is 1. The summed E-state index contributed by atoms with van der Waals surface area (Å²) in [5.41, 5.74) is -1.11. The molecule has 19 atom stereocenters. The first-order valence-electron chi connectivity index (χ1n) is 20.0. The van der Waals surface area contributed by atoms with Gasteiger partial charge in [-0.3, -0.25) is 0 Å². The molecular formula is C40H67NaO11. The van der Waals surface area contributed by atoms with Gasteiger partial charge in [0.2, 0.25) is 0 Å². The second-order valence-electron chi connectivity index (χ2n) is 18.4. The van der Waals surface area contributed by atoms with Crippen LogP contribution in [0.4, 0.5) is 0 Å². The third kappa shape index (κ3) is 7.85. The summed E-state index contributed by atoms with van der Waals surface area (Å²) < 4.78 is 46.9. The van der Waals surface area contributed by atoms with Crippen LogP contribution in [0.2, 0.25) is 0 Å². The number of rotatable bonds is 9. The van der Waals surface area contributed by atoms with Gasteiger partial charge >= 0.3 is 29.6 Å². The molecule has 6 aliphatic rings. The zero-order valence-electron chi connectivity index (χ0n) is 33.8. The maximum atomic E-state index is 11.7. The van der Waals surface area contributed by atoms with E-state index in [4.69, 9.17) is 33.2 Å². The fraction of sp³-hybridized carbons (Fsp3) is 0.975. The third-order valence-electron chi connectivity index (χ3n) is 14.4. The van der Waals surface area contributed by atoms with Crippen LogP contribution in [0.1, 0.15) is 120 Å². The standard InChI is InChI=1S/C40H68O11.Na/c1-21-11-12-28(46-33(21)26(6)36(42)43)17-29-18-30(45-10)27(7)40(48-29)25(5)19-38(9,51-40)32-13-14-37(8,49-32)35-23(3)16-31(47-35)34-22(2)15-24(4)39(44,20-41)50-34;/h21-35,41,44H,11-20H2,1-10H3,(H,42,43);/q;+1/p-1/t21?,22?,23?,24?,25?,26?,27?,28-,29?,30?,31-,32+,33-,34+,35+,37-,38-,39-,40+;/m0./s1. The van der Waals surface area contributed by atoms with Gasteiger partial charge in [0.1, 0.15) is 0 Å². The second kappa shape index (κ2) is 16.2. The van der Waals surface area contributed by atoms with Gasteiger partial charge in [0, 0.05) is 49.6 Å². The van der Waals surface area contributed by atoms with E-state index in [0.717, 1.165) is 51.4 Å². The van der Waals surface area contributed by atoms with E-state index in [-0.39, 0.29) is 114 Å². The molecule has 0 amide bonds. The average molecular weight is 747 g/mol. The molecule has 6 aliphatic heterocycles. The molecule has 0 saturated carbocycles. The van der Waals surface area contributed by atoms with Crippen LogP contribution in [-0.4, -0.2) is 102 Å². The summed E-state index contributed by atoms with van der Waals surface area (Å²) in [4.78, 5) is 11.7. The normalized spacial score (nSPS) is 53.2. The predicted octanol–water partition coefficient (Wildman–Crippen LogP) is 1.37. The summed E-state index contributed by atoms with van der Waals surface area (Å²) in [6, 6.07) is 0. The summed E-state index contributed by atoms with van der Waals surface area (Å²) in [6.45, 7) is 18.3. The fourth-order valence-corrected chi connectivity index (χ4v) is 11.3. The number of ether oxygens (including phenoxy) is 7. The number of carbonyl (C=O) groups is 1. The molecule has 294 valence electrons. The molecule has 0 bridgehead atoms. The van der Waals surface area contributed by atoms with Gasteiger partial charge in [-0.1, -0.05) is 48.5 Å². The van der Waals surface area contributed by atoms with Crippen molar-refractivity contribution in [3.63, 3.8) is 0 Å². The number of hydrogen-bond donors (Lipinski definition) is 2. The first-order valence-corrected chi connectivity index (χ1v) is 20.0. The molecule has 0 aromatic carbocycles. The predicted molar refractivity (Wildman–Crippen MR) is 186 cm³/mol. The van der Waals surface area contributed by atoms with Crippen LogP contribution in [0.15, 0.2) is 0 Å². The molecule has 6 fully saturated rings. The van der Waals surface area contributed by atoms with E-state index in [1.165, 1.54) is 0 Å². The summed E-state index contributed by atoms with van der Waals surface area (Å²) in [5.74, 6) is -3.70. The van der Waals surface area contributed by atoms with Crippen molar-refractivity contribution in [2.75, 3.05) is 13.7 Å². The molecule has 11 nitrogen and oxygen atoms in total.